The molecule has 1 aliphatic carbocycles. The minimum absolute atomic E-state index is 0.0167. The van der Waals surface area contributed by atoms with Crippen LogP contribution in [0.25, 0.3) is 0 Å². The first-order valence-corrected chi connectivity index (χ1v) is 11.0. The van der Waals surface area contributed by atoms with Gasteiger partial charge in [0.25, 0.3) is 0 Å². The largest absolute Gasteiger partial charge is 0.339 e. The van der Waals surface area contributed by atoms with E-state index in [1.807, 2.05) is 6.07 Å². The maximum absolute atomic E-state index is 12.9. The van der Waals surface area contributed by atoms with E-state index in [0.29, 0.717) is 32.0 Å². The monoisotopic (exact) mass is 356 g/mol. The van der Waals surface area contributed by atoms with Crippen molar-refractivity contribution in [2.24, 2.45) is 5.92 Å². The van der Waals surface area contributed by atoms with Crippen molar-refractivity contribution in [2.75, 3.05) is 25.9 Å². The van der Waals surface area contributed by atoms with E-state index < -0.39 is 10.0 Å². The molecule has 128 valence electrons. The first-order valence-electron chi connectivity index (χ1n) is 8.23. The van der Waals surface area contributed by atoms with Crippen molar-refractivity contribution in [1.82, 2.24) is 9.21 Å². The number of hydrogen-bond donors (Lipinski definition) is 0. The van der Waals surface area contributed by atoms with E-state index in [1.165, 1.54) is 15.4 Å². The Bertz CT molecular complexity index is 630. The average Bonchev–Trinajstić information content (AvgIpc) is 3.22. The summed E-state index contributed by atoms with van der Waals surface area (Å²) >= 11 is 1.74. The highest BCUT2D eigenvalue weighted by molar-refractivity contribution is 7.88. The van der Waals surface area contributed by atoms with Crippen molar-refractivity contribution in [3.63, 3.8) is 0 Å². The van der Waals surface area contributed by atoms with Crippen molar-refractivity contribution < 1.29 is 13.2 Å². The van der Waals surface area contributed by atoms with Crippen molar-refractivity contribution in [3.05, 3.63) is 22.4 Å². The van der Waals surface area contributed by atoms with E-state index in [9.17, 15) is 13.2 Å². The van der Waals surface area contributed by atoms with Gasteiger partial charge in [0, 0.05) is 36.5 Å². The zero-order valence-corrected chi connectivity index (χ0v) is 15.1. The van der Waals surface area contributed by atoms with Gasteiger partial charge in [-0.15, -0.1) is 11.3 Å². The molecule has 0 atom stereocenters. The Morgan fingerprint density at radius 2 is 2.00 bits per heavy atom. The first-order chi connectivity index (χ1) is 10.9. The number of thiophene rings is 1. The molecule has 7 heteroatoms. The molecule has 2 fully saturated rings. The highest BCUT2D eigenvalue weighted by Gasteiger charge is 2.37. The van der Waals surface area contributed by atoms with E-state index >= 15 is 0 Å². The van der Waals surface area contributed by atoms with Gasteiger partial charge in [0.1, 0.15) is 0 Å². The fourth-order valence-electron chi connectivity index (χ4n) is 3.21. The summed E-state index contributed by atoms with van der Waals surface area (Å²) in [5, 5.41) is 2.07. The molecule has 23 heavy (non-hydrogen) atoms. The van der Waals surface area contributed by atoms with Crippen LogP contribution in [0, 0.1) is 5.92 Å². The molecule has 0 spiro atoms. The van der Waals surface area contributed by atoms with Crippen LogP contribution in [-0.4, -0.2) is 55.5 Å². The Labute approximate surface area is 142 Å². The molecule has 0 bridgehead atoms. The van der Waals surface area contributed by atoms with Crippen LogP contribution >= 0.6 is 11.3 Å². The van der Waals surface area contributed by atoms with Crippen LogP contribution in [0.4, 0.5) is 0 Å². The second kappa shape index (κ2) is 6.91. The summed E-state index contributed by atoms with van der Waals surface area (Å²) in [5.41, 5.74) is 0. The number of carbonyl (C=O) groups is 1. The number of piperidine rings is 1. The second-order valence-corrected chi connectivity index (χ2v) is 9.54. The molecule has 5 nitrogen and oxygen atoms in total. The van der Waals surface area contributed by atoms with Crippen molar-refractivity contribution in [1.29, 1.82) is 0 Å². The molecule has 1 amide bonds. The lowest BCUT2D eigenvalue weighted by molar-refractivity contribution is -0.137. The van der Waals surface area contributed by atoms with Crippen LogP contribution in [0.1, 0.15) is 30.6 Å². The molecule has 0 radical (unpaired) electrons. The highest BCUT2D eigenvalue weighted by atomic mass is 32.2. The zero-order chi connectivity index (χ0) is 16.4. The summed E-state index contributed by atoms with van der Waals surface area (Å²) in [6.45, 7) is 1.73. The number of carbonyl (C=O) groups excluding carboxylic acids is 1. The maximum atomic E-state index is 12.9. The highest BCUT2D eigenvalue weighted by Crippen LogP contribution is 2.31. The van der Waals surface area contributed by atoms with Gasteiger partial charge < -0.3 is 4.90 Å². The molecular weight excluding hydrogens is 332 g/mol. The Kier molecular flexibility index (Phi) is 5.08. The standard InChI is InChI=1S/C16H24N2O3S2/c1-23(20,21)17-9-6-13(7-10-17)16(19)18(14-4-5-14)11-8-15-3-2-12-22-15/h2-3,12-14H,4-11H2,1H3. The topological polar surface area (TPSA) is 57.7 Å². The van der Waals surface area contributed by atoms with Crippen LogP contribution in [0.3, 0.4) is 0 Å². The van der Waals surface area contributed by atoms with Gasteiger partial charge in [-0.1, -0.05) is 6.07 Å². The van der Waals surface area contributed by atoms with Gasteiger partial charge in [0.15, 0.2) is 0 Å². The lowest BCUT2D eigenvalue weighted by atomic mass is 9.96. The van der Waals surface area contributed by atoms with Crippen molar-refractivity contribution >= 4 is 27.3 Å². The van der Waals surface area contributed by atoms with E-state index in [0.717, 1.165) is 25.8 Å². The van der Waals surface area contributed by atoms with Gasteiger partial charge in [0.05, 0.1) is 6.26 Å². The molecule has 0 unspecified atom stereocenters. The third kappa shape index (κ3) is 4.33. The quantitative estimate of drug-likeness (QED) is 0.783. The van der Waals surface area contributed by atoms with Gasteiger partial charge in [-0.3, -0.25) is 4.79 Å². The smallest absolute Gasteiger partial charge is 0.226 e. The summed E-state index contributed by atoms with van der Waals surface area (Å²) in [4.78, 5) is 16.2. The summed E-state index contributed by atoms with van der Waals surface area (Å²) in [7, 11) is -3.13. The fourth-order valence-corrected chi connectivity index (χ4v) is 4.79. The molecule has 1 aromatic heterocycles. The van der Waals surface area contributed by atoms with Crippen LogP contribution in [0.5, 0.6) is 0 Å². The Morgan fingerprint density at radius 3 is 2.52 bits per heavy atom. The summed E-state index contributed by atoms with van der Waals surface area (Å²) in [6.07, 6.45) is 5.67. The van der Waals surface area contributed by atoms with Crippen LogP contribution in [-0.2, 0) is 21.2 Å². The summed E-state index contributed by atoms with van der Waals surface area (Å²) in [6, 6.07) is 4.57. The molecule has 1 aromatic rings. The Morgan fingerprint density at radius 1 is 1.30 bits per heavy atom. The Balaban J connectivity index is 1.57. The van der Waals surface area contributed by atoms with Gasteiger partial charge in [0.2, 0.25) is 15.9 Å². The van der Waals surface area contributed by atoms with E-state index in [1.54, 1.807) is 11.3 Å². The molecular formula is C16H24N2O3S2. The normalized spacial score (nSPS) is 20.6. The lowest BCUT2D eigenvalue weighted by Crippen LogP contribution is -2.45. The van der Waals surface area contributed by atoms with Crippen LogP contribution in [0.15, 0.2) is 17.5 Å². The first kappa shape index (κ1) is 16.9. The van der Waals surface area contributed by atoms with Gasteiger partial charge in [-0.2, -0.15) is 0 Å². The van der Waals surface area contributed by atoms with Crippen LogP contribution < -0.4 is 0 Å². The second-order valence-electron chi connectivity index (χ2n) is 6.53. The van der Waals surface area contributed by atoms with E-state index in [-0.39, 0.29) is 11.8 Å². The lowest BCUT2D eigenvalue weighted by Gasteiger charge is -2.33. The van der Waals surface area contributed by atoms with Crippen LogP contribution in [0.2, 0.25) is 0 Å². The average molecular weight is 357 g/mol. The van der Waals surface area contributed by atoms with Gasteiger partial charge in [-0.05, 0) is 43.6 Å². The molecule has 1 saturated heterocycles. The van der Waals surface area contributed by atoms with Gasteiger partial charge in [-0.25, -0.2) is 12.7 Å². The van der Waals surface area contributed by atoms with Crippen molar-refractivity contribution in [3.8, 4) is 0 Å². The predicted molar refractivity (Wildman–Crippen MR) is 91.9 cm³/mol. The van der Waals surface area contributed by atoms with Gasteiger partial charge >= 0.3 is 0 Å². The minimum Gasteiger partial charge on any atom is -0.339 e. The zero-order valence-electron chi connectivity index (χ0n) is 13.5. The molecule has 3 rings (SSSR count). The molecule has 0 N–H and O–H groups in total. The molecule has 1 aliphatic heterocycles. The number of amides is 1. The minimum atomic E-state index is -3.13. The van der Waals surface area contributed by atoms with Crippen molar-refractivity contribution in [2.45, 2.75) is 38.1 Å². The maximum Gasteiger partial charge on any atom is 0.226 e. The van der Waals surface area contributed by atoms with E-state index in [2.05, 4.69) is 16.3 Å². The predicted octanol–water partition coefficient (Wildman–Crippen LogP) is 1.95. The molecule has 2 heterocycles. The third-order valence-corrected chi connectivity index (χ3v) is 6.96. The van der Waals surface area contributed by atoms with E-state index in [4.69, 9.17) is 0 Å². The number of hydrogen-bond acceptors (Lipinski definition) is 4. The third-order valence-electron chi connectivity index (χ3n) is 4.72. The fraction of sp³-hybridized carbons (Fsp3) is 0.688. The molecule has 0 aromatic carbocycles. The summed E-state index contributed by atoms with van der Waals surface area (Å²) in [5.74, 6) is 0.217. The summed E-state index contributed by atoms with van der Waals surface area (Å²) < 4.78 is 24.7. The molecule has 2 aliphatic rings. The SMILES string of the molecule is CS(=O)(=O)N1CCC(C(=O)N(CCc2cccs2)C2CC2)CC1. The molecule has 1 saturated carbocycles. The Hall–Kier alpha value is -0.920. The number of nitrogens with zero attached hydrogens (tertiary/aromatic N) is 2. The number of sulfonamides is 1. The number of rotatable bonds is 6.